The van der Waals surface area contributed by atoms with Crippen molar-refractivity contribution < 1.29 is 74.4 Å². The van der Waals surface area contributed by atoms with Crippen LogP contribution in [0.25, 0.3) is 22.3 Å². The molecule has 2 aliphatic heterocycles. The molecule has 0 aliphatic carbocycles. The second kappa shape index (κ2) is 12.2. The molecule has 2 fully saturated rings. The summed E-state index contributed by atoms with van der Waals surface area (Å²) in [5, 5.41) is 99.9. The van der Waals surface area contributed by atoms with Crippen molar-refractivity contribution >= 4 is 11.0 Å². The molecule has 16 nitrogen and oxygen atoms in total. The van der Waals surface area contributed by atoms with Crippen molar-refractivity contribution in [3.63, 3.8) is 0 Å². The van der Waals surface area contributed by atoms with Crippen LogP contribution in [0.2, 0.25) is 0 Å². The predicted octanol–water partition coefficient (Wildman–Crippen LogP) is -2.77. The van der Waals surface area contributed by atoms with Gasteiger partial charge in [-0.25, -0.2) is 0 Å². The third-order valence-corrected chi connectivity index (χ3v) is 7.22. The number of fused-ring (bicyclic) bond motifs is 1. The molecular formula is C27H30O16. The minimum Gasteiger partial charge on any atom is -0.507 e. The van der Waals surface area contributed by atoms with E-state index in [2.05, 4.69) is 0 Å². The number of hydrogen-bond donors (Lipinski definition) is 10. The van der Waals surface area contributed by atoms with Gasteiger partial charge in [0.15, 0.2) is 16.9 Å². The fourth-order valence-corrected chi connectivity index (χ4v) is 4.80. The van der Waals surface area contributed by atoms with Crippen LogP contribution in [0, 0.1) is 0 Å². The Morgan fingerprint density at radius 2 is 1.26 bits per heavy atom. The van der Waals surface area contributed by atoms with Gasteiger partial charge in [0.25, 0.3) is 0 Å². The molecule has 0 saturated carbocycles. The van der Waals surface area contributed by atoms with Gasteiger partial charge in [0, 0.05) is 23.8 Å². The summed E-state index contributed by atoms with van der Waals surface area (Å²) in [4.78, 5) is 12.9. The van der Waals surface area contributed by atoms with Crippen molar-refractivity contribution in [3.05, 3.63) is 46.6 Å². The van der Waals surface area contributed by atoms with Crippen LogP contribution in [0.4, 0.5) is 0 Å². The Hall–Kier alpha value is -3.55. The second-order valence-corrected chi connectivity index (χ2v) is 10.1. The number of hydrogen-bond acceptors (Lipinski definition) is 16. The van der Waals surface area contributed by atoms with Crippen molar-refractivity contribution in [1.82, 2.24) is 0 Å². The largest absolute Gasteiger partial charge is 0.507 e. The van der Waals surface area contributed by atoms with Gasteiger partial charge < -0.3 is 74.4 Å². The van der Waals surface area contributed by atoms with Crippen molar-refractivity contribution in [3.8, 4) is 34.3 Å². The van der Waals surface area contributed by atoms with Gasteiger partial charge in [-0.05, 0) is 18.2 Å². The average molecular weight is 611 g/mol. The highest BCUT2D eigenvalue weighted by molar-refractivity contribution is 5.86. The fourth-order valence-electron chi connectivity index (χ4n) is 4.80. The van der Waals surface area contributed by atoms with Gasteiger partial charge in [0.05, 0.1) is 13.2 Å². The molecule has 3 heterocycles. The molecular weight excluding hydrogens is 580 g/mol. The van der Waals surface area contributed by atoms with Gasteiger partial charge in [0.2, 0.25) is 12.6 Å². The Morgan fingerprint density at radius 3 is 1.84 bits per heavy atom. The standard InChI is InChI=1S/C27H30O16/c28-7-17-20(33)22(35)24(37)26(42-17)39-10-4-12(31)19-13(32)6-14(40-16(19)5-10)9-1-2-11(30)15(3-9)41-27-25(38)23(36)21(34)18(8-29)43-27/h1-6,17-18,20-31,33-38H,7-8H2/t17?,18?,20-,21-,22+,23+,24?,25?,26-,27-/m1/s1. The molecule has 0 amide bonds. The zero-order chi connectivity index (χ0) is 31.2. The minimum absolute atomic E-state index is 0.0828. The van der Waals surface area contributed by atoms with Crippen LogP contribution >= 0.6 is 0 Å². The lowest BCUT2D eigenvalue weighted by molar-refractivity contribution is -0.277. The molecule has 10 atom stereocenters. The fraction of sp³-hybridized carbons (Fsp3) is 0.444. The molecule has 0 radical (unpaired) electrons. The Balaban J connectivity index is 1.45. The van der Waals surface area contributed by atoms with Gasteiger partial charge in [0.1, 0.15) is 77.1 Å². The maximum absolute atomic E-state index is 12.9. The average Bonchev–Trinajstić information content (AvgIpc) is 2.98. The van der Waals surface area contributed by atoms with Crippen LogP contribution in [-0.2, 0) is 9.47 Å². The zero-order valence-corrected chi connectivity index (χ0v) is 22.1. The summed E-state index contributed by atoms with van der Waals surface area (Å²) in [6, 6.07) is 7.02. The van der Waals surface area contributed by atoms with Crippen LogP contribution in [0.5, 0.6) is 23.0 Å². The Morgan fingerprint density at radius 1 is 0.674 bits per heavy atom. The van der Waals surface area contributed by atoms with Crippen molar-refractivity contribution in [1.29, 1.82) is 0 Å². The number of benzene rings is 2. The molecule has 2 aromatic carbocycles. The summed E-state index contributed by atoms with van der Waals surface area (Å²) in [6.07, 6.45) is -15.9. The van der Waals surface area contributed by atoms with Crippen molar-refractivity contribution in [2.75, 3.05) is 13.2 Å². The molecule has 43 heavy (non-hydrogen) atoms. The molecule has 4 unspecified atom stereocenters. The molecule has 0 spiro atoms. The highest BCUT2D eigenvalue weighted by atomic mass is 16.7. The molecule has 2 aliphatic rings. The molecule has 2 saturated heterocycles. The SMILES string of the molecule is O=c1cc(-c2ccc(O)c(O[C@@H]3OC(CO)[C@@H](O)[C@H](O)C3O)c2)oc2cc(O[C@@H]3OC(CO)[C@@H](O)[C@H](O)C3O)cc(O)c12. The second-order valence-electron chi connectivity index (χ2n) is 10.1. The van der Waals surface area contributed by atoms with Gasteiger partial charge in [-0.3, -0.25) is 4.79 Å². The van der Waals surface area contributed by atoms with Crippen LogP contribution in [0.15, 0.2) is 45.6 Å². The number of aromatic hydroxyl groups is 2. The van der Waals surface area contributed by atoms with Gasteiger partial charge in [-0.2, -0.15) is 0 Å². The smallest absolute Gasteiger partial charge is 0.229 e. The maximum Gasteiger partial charge on any atom is 0.229 e. The van der Waals surface area contributed by atoms with E-state index in [4.69, 9.17) is 23.4 Å². The summed E-state index contributed by atoms with van der Waals surface area (Å²) in [7, 11) is 0. The summed E-state index contributed by atoms with van der Waals surface area (Å²) < 4.78 is 27.5. The molecule has 234 valence electrons. The lowest BCUT2D eigenvalue weighted by atomic mass is 9.99. The number of rotatable bonds is 7. The third kappa shape index (κ3) is 5.85. The van der Waals surface area contributed by atoms with E-state index in [1.807, 2.05) is 0 Å². The monoisotopic (exact) mass is 610 g/mol. The van der Waals surface area contributed by atoms with Crippen molar-refractivity contribution in [2.24, 2.45) is 0 Å². The highest BCUT2D eigenvalue weighted by Gasteiger charge is 2.46. The molecule has 10 N–H and O–H groups in total. The van der Waals surface area contributed by atoms with E-state index in [0.717, 1.165) is 12.1 Å². The Kier molecular flexibility index (Phi) is 8.77. The summed E-state index contributed by atoms with van der Waals surface area (Å²) >= 11 is 0. The molecule has 1 aromatic heterocycles. The Labute approximate surface area is 241 Å². The first-order chi connectivity index (χ1) is 20.4. The van der Waals surface area contributed by atoms with Gasteiger partial charge in [-0.1, -0.05) is 0 Å². The lowest BCUT2D eigenvalue weighted by Gasteiger charge is -2.39. The number of ether oxygens (including phenoxy) is 4. The summed E-state index contributed by atoms with van der Waals surface area (Å²) in [5.41, 5.74) is -0.708. The van der Waals surface area contributed by atoms with E-state index >= 15 is 0 Å². The van der Waals surface area contributed by atoms with Crippen LogP contribution in [0.3, 0.4) is 0 Å². The molecule has 0 bridgehead atoms. The highest BCUT2D eigenvalue weighted by Crippen LogP contribution is 2.37. The van der Waals surface area contributed by atoms with E-state index in [1.54, 1.807) is 0 Å². The zero-order valence-electron chi connectivity index (χ0n) is 22.1. The van der Waals surface area contributed by atoms with Gasteiger partial charge >= 0.3 is 0 Å². The maximum atomic E-state index is 12.9. The van der Waals surface area contributed by atoms with E-state index in [-0.39, 0.29) is 33.8 Å². The summed E-state index contributed by atoms with van der Waals surface area (Å²) in [5.74, 6) is -1.54. The van der Waals surface area contributed by atoms with Gasteiger partial charge in [-0.15, -0.1) is 0 Å². The number of phenols is 2. The lowest BCUT2D eigenvalue weighted by Crippen LogP contribution is -2.60. The normalized spacial score (nSPS) is 32.9. The topological polar surface area (TPSA) is 269 Å². The number of phenolic OH excluding ortho intramolecular Hbond substituents is 2. The Bertz CT molecular complexity index is 1500. The van der Waals surface area contributed by atoms with Crippen LogP contribution in [-0.4, -0.2) is 126 Å². The van der Waals surface area contributed by atoms with E-state index in [9.17, 15) is 55.9 Å². The van der Waals surface area contributed by atoms with Crippen LogP contribution < -0.4 is 14.9 Å². The minimum atomic E-state index is -1.76. The quantitative estimate of drug-likeness (QED) is 0.130. The summed E-state index contributed by atoms with van der Waals surface area (Å²) in [6.45, 7) is -1.39. The predicted molar refractivity (Wildman–Crippen MR) is 140 cm³/mol. The van der Waals surface area contributed by atoms with E-state index in [1.165, 1.54) is 24.3 Å². The van der Waals surface area contributed by atoms with E-state index < -0.39 is 91.6 Å². The molecule has 16 heteroatoms. The number of aliphatic hydroxyl groups is 8. The number of aliphatic hydroxyl groups excluding tert-OH is 8. The first kappa shape index (κ1) is 30.9. The van der Waals surface area contributed by atoms with Crippen LogP contribution in [0.1, 0.15) is 0 Å². The van der Waals surface area contributed by atoms with E-state index in [0.29, 0.717) is 0 Å². The van der Waals surface area contributed by atoms with Crippen molar-refractivity contribution in [2.45, 2.75) is 61.4 Å². The molecule has 3 aromatic rings. The molecule has 5 rings (SSSR count). The third-order valence-electron chi connectivity index (χ3n) is 7.22. The first-order valence-electron chi connectivity index (χ1n) is 13.0. The first-order valence-corrected chi connectivity index (χ1v) is 13.0.